The van der Waals surface area contributed by atoms with Crippen LogP contribution in [0.1, 0.15) is 21.5 Å². The molecule has 2 rings (SSSR count). The summed E-state index contributed by atoms with van der Waals surface area (Å²) in [5.74, 6) is 5.68. The van der Waals surface area contributed by atoms with Gasteiger partial charge in [0, 0.05) is 16.7 Å². The average Bonchev–Trinajstić information content (AvgIpc) is 2.59. The standard InChI is InChI=1S/C17H14N2O2S/c20-16(14-6-2-1-3-7-14)18-12-4-5-13-8-10-15(11-9-13)17(22)19-21/h1-3,6-11,21H,12H2,(H,18,20)(H,19,22). The number of carbonyl (C=O) groups excluding carboxylic acids is 1. The Kier molecular flexibility index (Phi) is 5.66. The average molecular weight is 310 g/mol. The molecule has 0 fully saturated rings. The quantitative estimate of drug-likeness (QED) is 0.462. The molecule has 0 saturated carbocycles. The van der Waals surface area contributed by atoms with Crippen LogP contribution >= 0.6 is 12.2 Å². The van der Waals surface area contributed by atoms with Crippen LogP contribution < -0.4 is 10.8 Å². The smallest absolute Gasteiger partial charge is 0.252 e. The number of amides is 1. The van der Waals surface area contributed by atoms with Gasteiger partial charge < -0.3 is 5.32 Å². The summed E-state index contributed by atoms with van der Waals surface area (Å²) < 4.78 is 0. The molecule has 2 aromatic rings. The summed E-state index contributed by atoms with van der Waals surface area (Å²) in [4.78, 5) is 12.0. The van der Waals surface area contributed by atoms with Gasteiger partial charge >= 0.3 is 0 Å². The summed E-state index contributed by atoms with van der Waals surface area (Å²) in [6, 6.07) is 16.1. The van der Waals surface area contributed by atoms with Crippen molar-refractivity contribution in [2.24, 2.45) is 0 Å². The lowest BCUT2D eigenvalue weighted by molar-refractivity contribution is 0.0958. The van der Waals surface area contributed by atoms with Gasteiger partial charge in [0.05, 0.1) is 6.54 Å². The van der Waals surface area contributed by atoms with Crippen molar-refractivity contribution in [3.63, 3.8) is 0 Å². The van der Waals surface area contributed by atoms with Crippen LogP contribution in [0, 0.1) is 11.8 Å². The third kappa shape index (κ3) is 4.42. The molecular formula is C17H14N2O2S. The highest BCUT2D eigenvalue weighted by molar-refractivity contribution is 7.80. The maximum Gasteiger partial charge on any atom is 0.252 e. The number of hydroxylamine groups is 1. The highest BCUT2D eigenvalue weighted by atomic mass is 32.1. The minimum Gasteiger partial charge on any atom is -0.341 e. The van der Waals surface area contributed by atoms with Gasteiger partial charge in [-0.15, -0.1) is 0 Å². The molecule has 22 heavy (non-hydrogen) atoms. The Balaban J connectivity index is 1.89. The Labute approximate surface area is 134 Å². The van der Waals surface area contributed by atoms with Crippen molar-refractivity contribution in [3.8, 4) is 11.8 Å². The minimum absolute atomic E-state index is 0.149. The van der Waals surface area contributed by atoms with Gasteiger partial charge in [-0.1, -0.05) is 54.4 Å². The molecule has 0 heterocycles. The zero-order valence-corrected chi connectivity index (χ0v) is 12.5. The molecule has 0 unspecified atom stereocenters. The van der Waals surface area contributed by atoms with Gasteiger partial charge in [0.2, 0.25) is 0 Å². The number of thiocarbonyl (C=S) groups is 1. The molecule has 0 saturated heterocycles. The molecule has 0 bridgehead atoms. The van der Waals surface area contributed by atoms with Gasteiger partial charge in [0.1, 0.15) is 4.99 Å². The summed E-state index contributed by atoms with van der Waals surface area (Å²) in [5, 5.41) is 11.4. The van der Waals surface area contributed by atoms with Crippen LogP contribution in [-0.2, 0) is 0 Å². The van der Waals surface area contributed by atoms with E-state index in [1.54, 1.807) is 36.4 Å². The molecule has 3 N–H and O–H groups in total. The molecule has 4 nitrogen and oxygen atoms in total. The molecule has 0 radical (unpaired) electrons. The largest absolute Gasteiger partial charge is 0.341 e. The van der Waals surface area contributed by atoms with Gasteiger partial charge in [-0.2, -0.15) is 0 Å². The predicted molar refractivity (Wildman–Crippen MR) is 88.7 cm³/mol. The molecule has 1 amide bonds. The van der Waals surface area contributed by atoms with Crippen LogP contribution in [0.5, 0.6) is 0 Å². The third-order valence-electron chi connectivity index (χ3n) is 2.85. The fraction of sp³-hybridized carbons (Fsp3) is 0.0588. The monoisotopic (exact) mass is 310 g/mol. The number of carbonyl (C=O) groups is 1. The Morgan fingerprint density at radius 2 is 1.73 bits per heavy atom. The highest BCUT2D eigenvalue weighted by Crippen LogP contribution is 2.03. The molecule has 5 heteroatoms. The fourth-order valence-electron chi connectivity index (χ4n) is 1.73. The van der Waals surface area contributed by atoms with Crippen molar-refractivity contribution < 1.29 is 10.0 Å². The topological polar surface area (TPSA) is 61.4 Å². The molecule has 0 aromatic heterocycles. The van der Waals surface area contributed by atoms with E-state index >= 15 is 0 Å². The van der Waals surface area contributed by atoms with Gasteiger partial charge in [0.15, 0.2) is 0 Å². The van der Waals surface area contributed by atoms with E-state index in [1.807, 2.05) is 23.7 Å². The lowest BCUT2D eigenvalue weighted by atomic mass is 10.1. The zero-order chi connectivity index (χ0) is 15.8. The SMILES string of the molecule is O=C(NCC#Cc1ccc(C(=S)NO)cc1)c1ccccc1. The highest BCUT2D eigenvalue weighted by Gasteiger charge is 2.01. The first-order valence-corrected chi connectivity index (χ1v) is 6.98. The van der Waals surface area contributed by atoms with Crippen LogP contribution in [0.15, 0.2) is 54.6 Å². The number of nitrogens with one attached hydrogen (secondary N) is 2. The second-order valence-corrected chi connectivity index (χ2v) is 4.78. The number of hydrogen-bond donors (Lipinski definition) is 3. The van der Waals surface area contributed by atoms with Crippen LogP contribution in [0.4, 0.5) is 0 Å². The Morgan fingerprint density at radius 3 is 2.36 bits per heavy atom. The number of rotatable bonds is 3. The Morgan fingerprint density at radius 1 is 1.05 bits per heavy atom. The number of hydrogen-bond acceptors (Lipinski definition) is 3. The van der Waals surface area contributed by atoms with Crippen molar-refractivity contribution in [1.29, 1.82) is 0 Å². The summed E-state index contributed by atoms with van der Waals surface area (Å²) in [6.45, 7) is 0.270. The molecule has 0 aliphatic carbocycles. The summed E-state index contributed by atoms with van der Waals surface area (Å²) >= 11 is 4.90. The van der Waals surface area contributed by atoms with Gasteiger partial charge in [-0.25, -0.2) is 0 Å². The van der Waals surface area contributed by atoms with Crippen LogP contribution in [0.2, 0.25) is 0 Å². The van der Waals surface area contributed by atoms with E-state index in [1.165, 1.54) is 0 Å². The lowest BCUT2D eigenvalue weighted by Crippen LogP contribution is -2.23. The zero-order valence-electron chi connectivity index (χ0n) is 11.7. The van der Waals surface area contributed by atoms with E-state index in [-0.39, 0.29) is 17.4 Å². The van der Waals surface area contributed by atoms with E-state index in [0.29, 0.717) is 11.1 Å². The first-order chi connectivity index (χ1) is 10.7. The lowest BCUT2D eigenvalue weighted by Gasteiger charge is -2.01. The Hall–Kier alpha value is -2.68. The molecular weight excluding hydrogens is 296 g/mol. The van der Waals surface area contributed by atoms with Gasteiger partial charge in [-0.3, -0.25) is 15.5 Å². The maximum atomic E-state index is 11.8. The summed E-state index contributed by atoms with van der Waals surface area (Å²) in [7, 11) is 0. The van der Waals surface area contributed by atoms with E-state index in [4.69, 9.17) is 17.4 Å². The first-order valence-electron chi connectivity index (χ1n) is 6.57. The molecule has 0 aliphatic heterocycles. The van der Waals surface area contributed by atoms with E-state index in [2.05, 4.69) is 17.2 Å². The van der Waals surface area contributed by atoms with Crippen molar-refractivity contribution in [2.75, 3.05) is 6.54 Å². The van der Waals surface area contributed by atoms with E-state index in [0.717, 1.165) is 5.56 Å². The normalized spacial score (nSPS) is 9.32. The second-order valence-electron chi connectivity index (χ2n) is 4.37. The summed E-state index contributed by atoms with van der Waals surface area (Å²) in [5.41, 5.74) is 4.05. The van der Waals surface area contributed by atoms with Gasteiger partial charge in [0.25, 0.3) is 5.91 Å². The van der Waals surface area contributed by atoms with E-state index in [9.17, 15) is 4.79 Å². The maximum absolute atomic E-state index is 11.8. The van der Waals surface area contributed by atoms with Crippen molar-refractivity contribution in [2.45, 2.75) is 0 Å². The third-order valence-corrected chi connectivity index (χ3v) is 3.18. The van der Waals surface area contributed by atoms with Crippen molar-refractivity contribution in [3.05, 3.63) is 71.3 Å². The molecule has 2 aromatic carbocycles. The minimum atomic E-state index is -0.149. The number of benzene rings is 2. The molecule has 0 aliphatic rings. The van der Waals surface area contributed by atoms with E-state index < -0.39 is 0 Å². The Bertz CT molecular complexity index is 716. The fourth-order valence-corrected chi connectivity index (χ4v) is 1.87. The van der Waals surface area contributed by atoms with Gasteiger partial charge in [-0.05, 0) is 24.3 Å². The first kappa shape index (κ1) is 15.7. The molecule has 0 spiro atoms. The van der Waals surface area contributed by atoms with Crippen LogP contribution in [0.3, 0.4) is 0 Å². The predicted octanol–water partition coefficient (Wildman–Crippen LogP) is 2.12. The van der Waals surface area contributed by atoms with Crippen LogP contribution in [-0.4, -0.2) is 22.6 Å². The second kappa shape index (κ2) is 7.93. The molecule has 110 valence electrons. The summed E-state index contributed by atoms with van der Waals surface area (Å²) in [6.07, 6.45) is 0. The molecule has 0 atom stereocenters. The van der Waals surface area contributed by atoms with Crippen LogP contribution in [0.25, 0.3) is 0 Å². The van der Waals surface area contributed by atoms with Crippen molar-refractivity contribution >= 4 is 23.1 Å². The van der Waals surface area contributed by atoms with Crippen molar-refractivity contribution in [1.82, 2.24) is 10.8 Å².